The number of thioether (sulfide) groups is 1. The van der Waals surface area contributed by atoms with E-state index in [9.17, 15) is 13.2 Å². The Morgan fingerprint density at radius 1 is 1.03 bits per heavy atom. The maximum Gasteiger partial charge on any atom is 0.244 e. The zero-order valence-corrected chi connectivity index (χ0v) is 18.6. The Morgan fingerprint density at radius 2 is 1.83 bits per heavy atom. The number of rotatable bonds is 7. The molecule has 160 valence electrons. The predicted molar refractivity (Wildman–Crippen MR) is 119 cm³/mol. The van der Waals surface area contributed by atoms with Crippen LogP contribution in [-0.4, -0.2) is 42.5 Å². The van der Waals surface area contributed by atoms with Crippen LogP contribution in [0.1, 0.15) is 43.2 Å². The van der Waals surface area contributed by atoms with E-state index in [0.717, 1.165) is 42.8 Å². The Bertz CT molecular complexity index is 1000. The molecule has 4 rings (SSSR count). The van der Waals surface area contributed by atoms with E-state index in [2.05, 4.69) is 22.4 Å². The number of anilines is 1. The van der Waals surface area contributed by atoms with E-state index >= 15 is 0 Å². The summed E-state index contributed by atoms with van der Waals surface area (Å²) in [5.74, 6) is 0.562. The van der Waals surface area contributed by atoms with Crippen molar-refractivity contribution in [1.82, 2.24) is 9.29 Å². The number of nitrogens with zero attached hydrogens (tertiary/aromatic N) is 2. The van der Waals surface area contributed by atoms with E-state index in [0.29, 0.717) is 25.3 Å². The highest BCUT2D eigenvalue weighted by Gasteiger charge is 2.26. The minimum absolute atomic E-state index is 0.0234. The molecule has 6 nitrogen and oxygen atoms in total. The van der Waals surface area contributed by atoms with Gasteiger partial charge in [-0.1, -0.05) is 12.5 Å². The number of hydrogen-bond donors (Lipinski definition) is 1. The first-order valence-electron chi connectivity index (χ1n) is 10.5. The van der Waals surface area contributed by atoms with Gasteiger partial charge in [-0.2, -0.15) is 4.31 Å². The number of carbonyl (C=O) groups excluding carboxylic acids is 1. The largest absolute Gasteiger partial charge is 0.326 e. The van der Waals surface area contributed by atoms with E-state index in [1.54, 1.807) is 16.4 Å². The molecule has 8 heteroatoms. The van der Waals surface area contributed by atoms with Gasteiger partial charge in [-0.3, -0.25) is 4.79 Å². The molecule has 1 aromatic carbocycles. The third-order valence-electron chi connectivity index (χ3n) is 5.62. The van der Waals surface area contributed by atoms with Crippen molar-refractivity contribution < 1.29 is 13.2 Å². The van der Waals surface area contributed by atoms with Crippen LogP contribution in [0.25, 0.3) is 0 Å². The molecule has 0 spiro atoms. The minimum atomic E-state index is -3.45. The first kappa shape index (κ1) is 21.3. The van der Waals surface area contributed by atoms with Gasteiger partial charge in [0.05, 0.1) is 5.03 Å². The van der Waals surface area contributed by atoms with Crippen molar-refractivity contribution in [2.24, 2.45) is 0 Å². The fourth-order valence-corrected chi connectivity index (χ4v) is 6.23. The lowest BCUT2D eigenvalue weighted by molar-refractivity contribution is -0.115. The van der Waals surface area contributed by atoms with Crippen molar-refractivity contribution in [2.45, 2.75) is 54.9 Å². The molecule has 1 saturated heterocycles. The molecule has 0 unspecified atom stereocenters. The van der Waals surface area contributed by atoms with Gasteiger partial charge in [-0.05, 0) is 67.5 Å². The van der Waals surface area contributed by atoms with Crippen LogP contribution in [-0.2, 0) is 27.7 Å². The third-order valence-corrected chi connectivity index (χ3v) is 8.45. The molecule has 1 amide bonds. The van der Waals surface area contributed by atoms with Crippen LogP contribution in [0.3, 0.4) is 0 Å². The molecule has 0 saturated carbocycles. The molecule has 2 heterocycles. The Morgan fingerprint density at radius 3 is 2.60 bits per heavy atom. The average molecular weight is 446 g/mol. The SMILES string of the molecule is O=C(CCSc1ccc(S(=O)(=O)N2CCCCC2)cn1)Nc1ccc2c(c1)CCC2. The molecule has 2 aliphatic rings. The number of piperidine rings is 1. The first-order valence-corrected chi connectivity index (χ1v) is 13.0. The second-order valence-corrected chi connectivity index (χ2v) is 10.8. The topological polar surface area (TPSA) is 79.4 Å². The molecule has 0 radical (unpaired) electrons. The van der Waals surface area contributed by atoms with Gasteiger partial charge < -0.3 is 5.32 Å². The van der Waals surface area contributed by atoms with Crippen LogP contribution < -0.4 is 5.32 Å². The zero-order chi connectivity index (χ0) is 21.0. The molecule has 1 aliphatic carbocycles. The first-order chi connectivity index (χ1) is 14.5. The Hall–Kier alpha value is -1.90. The normalized spacial score (nSPS) is 16.9. The predicted octanol–water partition coefficient (Wildman–Crippen LogP) is 3.87. The summed E-state index contributed by atoms with van der Waals surface area (Å²) in [6.07, 6.45) is 8.11. The number of sulfonamides is 1. The maximum atomic E-state index is 12.7. The van der Waals surface area contributed by atoms with Gasteiger partial charge >= 0.3 is 0 Å². The molecule has 1 aliphatic heterocycles. The highest BCUT2D eigenvalue weighted by atomic mass is 32.2. The summed E-state index contributed by atoms with van der Waals surface area (Å²) >= 11 is 1.45. The molecule has 30 heavy (non-hydrogen) atoms. The van der Waals surface area contributed by atoms with Crippen molar-refractivity contribution in [3.63, 3.8) is 0 Å². The number of nitrogens with one attached hydrogen (secondary N) is 1. The summed E-state index contributed by atoms with van der Waals surface area (Å²) in [6.45, 7) is 1.16. The van der Waals surface area contributed by atoms with Crippen LogP contribution in [0.2, 0.25) is 0 Å². The van der Waals surface area contributed by atoms with E-state index < -0.39 is 10.0 Å². The van der Waals surface area contributed by atoms with Crippen molar-refractivity contribution in [3.8, 4) is 0 Å². The number of pyridine rings is 1. The van der Waals surface area contributed by atoms with Crippen LogP contribution in [0.5, 0.6) is 0 Å². The van der Waals surface area contributed by atoms with Gasteiger partial charge in [0.2, 0.25) is 15.9 Å². The smallest absolute Gasteiger partial charge is 0.244 e. The summed E-state index contributed by atoms with van der Waals surface area (Å²) in [5, 5.41) is 3.69. The van der Waals surface area contributed by atoms with Crippen LogP contribution in [0.15, 0.2) is 46.5 Å². The number of aromatic nitrogens is 1. The van der Waals surface area contributed by atoms with E-state index in [4.69, 9.17) is 0 Å². The molecule has 0 atom stereocenters. The van der Waals surface area contributed by atoms with Crippen LogP contribution >= 0.6 is 11.8 Å². The fraction of sp³-hybridized carbons (Fsp3) is 0.455. The van der Waals surface area contributed by atoms with Crippen molar-refractivity contribution in [1.29, 1.82) is 0 Å². The Labute approximate surface area is 182 Å². The lowest BCUT2D eigenvalue weighted by atomic mass is 10.1. The summed E-state index contributed by atoms with van der Waals surface area (Å²) in [6, 6.07) is 9.49. The minimum Gasteiger partial charge on any atom is -0.326 e. The fourth-order valence-electron chi connectivity index (χ4n) is 3.98. The van der Waals surface area contributed by atoms with Crippen LogP contribution in [0.4, 0.5) is 5.69 Å². The monoisotopic (exact) mass is 445 g/mol. The zero-order valence-electron chi connectivity index (χ0n) is 17.0. The van der Waals surface area contributed by atoms with E-state index in [-0.39, 0.29) is 10.8 Å². The number of hydrogen-bond acceptors (Lipinski definition) is 5. The van der Waals surface area contributed by atoms with Crippen molar-refractivity contribution >= 4 is 33.4 Å². The second-order valence-electron chi connectivity index (χ2n) is 7.78. The number of aryl methyl sites for hydroxylation is 2. The summed E-state index contributed by atoms with van der Waals surface area (Å²) in [4.78, 5) is 16.8. The number of amides is 1. The summed E-state index contributed by atoms with van der Waals surface area (Å²) < 4.78 is 26.9. The molecule has 2 aromatic rings. The van der Waals surface area contributed by atoms with Gasteiger partial charge in [-0.15, -0.1) is 11.8 Å². The molecule has 1 aromatic heterocycles. The maximum absolute atomic E-state index is 12.7. The van der Waals surface area contributed by atoms with Crippen molar-refractivity contribution in [3.05, 3.63) is 47.7 Å². The molecular formula is C22H27N3O3S2. The van der Waals surface area contributed by atoms with Crippen molar-refractivity contribution in [2.75, 3.05) is 24.2 Å². The van der Waals surface area contributed by atoms with Crippen LogP contribution in [0, 0.1) is 0 Å². The van der Waals surface area contributed by atoms with Gasteiger partial charge in [0, 0.05) is 37.1 Å². The van der Waals surface area contributed by atoms with E-state index in [1.165, 1.54) is 35.5 Å². The van der Waals surface area contributed by atoms with Gasteiger partial charge in [-0.25, -0.2) is 13.4 Å². The third kappa shape index (κ3) is 5.04. The van der Waals surface area contributed by atoms with Gasteiger partial charge in [0.15, 0.2) is 0 Å². The highest BCUT2D eigenvalue weighted by molar-refractivity contribution is 7.99. The Kier molecular flexibility index (Phi) is 6.75. The number of carbonyl (C=O) groups is 1. The molecule has 1 fully saturated rings. The van der Waals surface area contributed by atoms with Gasteiger partial charge in [0.25, 0.3) is 0 Å². The highest BCUT2D eigenvalue weighted by Crippen LogP contribution is 2.25. The number of benzene rings is 1. The van der Waals surface area contributed by atoms with Gasteiger partial charge in [0.1, 0.15) is 4.90 Å². The molecule has 1 N–H and O–H groups in total. The van der Waals surface area contributed by atoms with E-state index in [1.807, 2.05) is 6.07 Å². The quantitative estimate of drug-likeness (QED) is 0.655. The molecular weight excluding hydrogens is 418 g/mol. The molecule has 0 bridgehead atoms. The summed E-state index contributed by atoms with van der Waals surface area (Å²) in [7, 11) is -3.45. The lowest BCUT2D eigenvalue weighted by Crippen LogP contribution is -2.35. The average Bonchev–Trinajstić information content (AvgIpc) is 3.23. The Balaban J connectivity index is 1.26. The number of fused-ring (bicyclic) bond motifs is 1. The second kappa shape index (κ2) is 9.49. The summed E-state index contributed by atoms with van der Waals surface area (Å²) in [5.41, 5.74) is 3.59. The lowest BCUT2D eigenvalue weighted by Gasteiger charge is -2.25. The standard InChI is InChI=1S/C22H27N3O3S2/c26-21(24-19-8-7-17-5-4-6-18(17)15-19)11-14-29-22-10-9-20(16-23-22)30(27,28)25-12-2-1-3-13-25/h7-10,15-16H,1-6,11-14H2,(H,24,26).